The molecular weight excluding hydrogens is 570 g/mol. The van der Waals surface area contributed by atoms with E-state index in [9.17, 15) is 14.4 Å². The average Bonchev–Trinajstić information content (AvgIpc) is 3.13. The normalized spacial score (nSPS) is 14.3. The summed E-state index contributed by atoms with van der Waals surface area (Å²) < 4.78 is 16.9. The quantitative estimate of drug-likeness (QED) is 0.170. The minimum Gasteiger partial charge on any atom is -0.493 e. The zero-order valence-electron chi connectivity index (χ0n) is 18.9. The number of amides is 2. The van der Waals surface area contributed by atoms with Crippen molar-refractivity contribution in [3.63, 3.8) is 0 Å². The fraction of sp³-hybridized carbons (Fsp3) is 0.115. The molecule has 3 aromatic carbocycles. The van der Waals surface area contributed by atoms with Crippen molar-refractivity contribution in [2.45, 2.75) is 0 Å². The molecular formula is C26H19BrClNO6S. The van der Waals surface area contributed by atoms with Crippen LogP contribution in [-0.2, 0) is 4.79 Å². The van der Waals surface area contributed by atoms with Crippen LogP contribution in [-0.4, -0.2) is 42.3 Å². The molecule has 0 atom stereocenters. The number of thioether (sulfide) groups is 1. The number of carbonyl (C=O) groups excluding carboxylic acids is 3. The summed E-state index contributed by atoms with van der Waals surface area (Å²) in [5.41, 5.74) is 1.02. The minimum atomic E-state index is -0.531. The van der Waals surface area contributed by atoms with Gasteiger partial charge in [-0.15, -0.1) is 0 Å². The van der Waals surface area contributed by atoms with Gasteiger partial charge in [-0.25, -0.2) is 4.79 Å². The Kier molecular flexibility index (Phi) is 8.35. The molecule has 0 N–H and O–H groups in total. The fourth-order valence-electron chi connectivity index (χ4n) is 3.26. The van der Waals surface area contributed by atoms with E-state index in [1.54, 1.807) is 60.7 Å². The van der Waals surface area contributed by atoms with Crippen molar-refractivity contribution < 1.29 is 28.6 Å². The van der Waals surface area contributed by atoms with Crippen LogP contribution in [0.2, 0.25) is 5.02 Å². The molecule has 7 nitrogen and oxygen atoms in total. The van der Waals surface area contributed by atoms with Crippen molar-refractivity contribution in [1.29, 1.82) is 0 Å². The summed E-state index contributed by atoms with van der Waals surface area (Å²) in [7, 11) is 1.54. The number of hydrogen-bond acceptors (Lipinski definition) is 7. The Bertz CT molecular complexity index is 1340. The molecule has 10 heteroatoms. The van der Waals surface area contributed by atoms with E-state index in [2.05, 4.69) is 15.9 Å². The molecule has 1 fully saturated rings. The highest BCUT2D eigenvalue weighted by atomic mass is 79.9. The molecule has 1 aliphatic rings. The third-order valence-corrected chi connectivity index (χ3v) is 6.83. The highest BCUT2D eigenvalue weighted by Crippen LogP contribution is 2.34. The molecule has 3 aromatic rings. The lowest BCUT2D eigenvalue weighted by molar-refractivity contribution is -0.123. The van der Waals surface area contributed by atoms with Gasteiger partial charge < -0.3 is 14.2 Å². The molecule has 1 aliphatic heterocycles. The Morgan fingerprint density at radius 2 is 1.75 bits per heavy atom. The molecule has 2 amide bonds. The number of benzene rings is 3. The lowest BCUT2D eigenvalue weighted by Gasteiger charge is -2.14. The first-order valence-corrected chi connectivity index (χ1v) is 12.6. The summed E-state index contributed by atoms with van der Waals surface area (Å²) in [4.78, 5) is 39.0. The summed E-state index contributed by atoms with van der Waals surface area (Å²) in [6.07, 6.45) is 1.61. The molecule has 0 aliphatic carbocycles. The second-order valence-electron chi connectivity index (χ2n) is 7.42. The molecule has 36 heavy (non-hydrogen) atoms. The molecule has 0 spiro atoms. The van der Waals surface area contributed by atoms with Crippen molar-refractivity contribution >= 4 is 62.5 Å². The van der Waals surface area contributed by atoms with Gasteiger partial charge in [-0.05, 0) is 87.9 Å². The smallest absolute Gasteiger partial charge is 0.343 e. The molecule has 0 aromatic heterocycles. The molecule has 0 saturated carbocycles. The van der Waals surface area contributed by atoms with Crippen LogP contribution in [0, 0.1) is 0 Å². The maximum Gasteiger partial charge on any atom is 0.343 e. The molecule has 184 valence electrons. The minimum absolute atomic E-state index is 0.101. The largest absolute Gasteiger partial charge is 0.493 e. The number of hydrogen-bond donors (Lipinski definition) is 0. The number of methoxy groups -OCH3 is 1. The Morgan fingerprint density at radius 3 is 2.44 bits per heavy atom. The van der Waals surface area contributed by atoms with E-state index in [1.807, 2.05) is 12.1 Å². The van der Waals surface area contributed by atoms with Crippen molar-refractivity contribution in [2.24, 2.45) is 0 Å². The van der Waals surface area contributed by atoms with Gasteiger partial charge in [-0.2, -0.15) is 0 Å². The van der Waals surface area contributed by atoms with E-state index in [1.165, 1.54) is 7.11 Å². The van der Waals surface area contributed by atoms with Crippen LogP contribution in [0.15, 0.2) is 76.1 Å². The van der Waals surface area contributed by atoms with Crippen LogP contribution in [0.5, 0.6) is 17.2 Å². The van der Waals surface area contributed by atoms with Crippen LogP contribution in [0.4, 0.5) is 4.79 Å². The summed E-state index contributed by atoms with van der Waals surface area (Å²) in [5.74, 6) is 0.483. The van der Waals surface area contributed by atoms with Gasteiger partial charge in [0.2, 0.25) is 0 Å². The second kappa shape index (κ2) is 11.6. The van der Waals surface area contributed by atoms with Gasteiger partial charge >= 0.3 is 5.97 Å². The topological polar surface area (TPSA) is 82.1 Å². The fourth-order valence-corrected chi connectivity index (χ4v) is 4.73. The Balaban J connectivity index is 1.39. The third-order valence-electron chi connectivity index (χ3n) is 5.05. The van der Waals surface area contributed by atoms with E-state index in [4.69, 9.17) is 25.8 Å². The van der Waals surface area contributed by atoms with Crippen molar-refractivity contribution in [1.82, 2.24) is 4.90 Å². The number of esters is 1. The van der Waals surface area contributed by atoms with Gasteiger partial charge in [-0.1, -0.05) is 29.8 Å². The van der Waals surface area contributed by atoms with Gasteiger partial charge in [0.05, 0.1) is 28.6 Å². The van der Waals surface area contributed by atoms with E-state index >= 15 is 0 Å². The van der Waals surface area contributed by atoms with Crippen molar-refractivity contribution in [2.75, 3.05) is 20.3 Å². The van der Waals surface area contributed by atoms with Crippen LogP contribution in [0.3, 0.4) is 0 Å². The Hall–Kier alpha value is -3.27. The van der Waals surface area contributed by atoms with E-state index in [0.29, 0.717) is 37.9 Å². The second-order valence-corrected chi connectivity index (χ2v) is 9.70. The summed E-state index contributed by atoms with van der Waals surface area (Å²) >= 11 is 10.1. The zero-order valence-corrected chi connectivity index (χ0v) is 22.1. The summed E-state index contributed by atoms with van der Waals surface area (Å²) in [6, 6.07) is 18.5. The van der Waals surface area contributed by atoms with Crippen LogP contribution in [0.1, 0.15) is 15.9 Å². The maximum atomic E-state index is 12.8. The van der Waals surface area contributed by atoms with Gasteiger partial charge in [-0.3, -0.25) is 14.5 Å². The van der Waals surface area contributed by atoms with E-state index in [0.717, 1.165) is 16.7 Å². The lowest BCUT2D eigenvalue weighted by atomic mass is 10.2. The molecule has 4 rings (SSSR count). The number of para-hydroxylation sites is 2. The SMILES string of the molecule is COc1ccccc1OCCN1C(=O)S/C(=C\c2ccc(OC(=O)c3ccc(Cl)cc3)c(Br)c2)C1=O. The number of imide groups is 1. The maximum absolute atomic E-state index is 12.8. The van der Waals surface area contributed by atoms with Crippen molar-refractivity contribution in [3.8, 4) is 17.2 Å². The van der Waals surface area contributed by atoms with Crippen LogP contribution in [0.25, 0.3) is 6.08 Å². The predicted molar refractivity (Wildman–Crippen MR) is 142 cm³/mol. The Morgan fingerprint density at radius 1 is 1.03 bits per heavy atom. The lowest BCUT2D eigenvalue weighted by Crippen LogP contribution is -2.32. The number of ether oxygens (including phenoxy) is 3. The van der Waals surface area contributed by atoms with Crippen molar-refractivity contribution in [3.05, 3.63) is 92.3 Å². The number of halogens is 2. The molecule has 0 radical (unpaired) electrons. The highest BCUT2D eigenvalue weighted by molar-refractivity contribution is 9.10. The number of carbonyl (C=O) groups is 3. The third kappa shape index (κ3) is 6.10. The monoisotopic (exact) mass is 587 g/mol. The van der Waals surface area contributed by atoms with Crippen LogP contribution >= 0.6 is 39.3 Å². The van der Waals surface area contributed by atoms with Gasteiger partial charge in [0, 0.05) is 5.02 Å². The van der Waals surface area contributed by atoms with Gasteiger partial charge in [0.25, 0.3) is 11.1 Å². The van der Waals surface area contributed by atoms with Gasteiger partial charge in [0.1, 0.15) is 12.4 Å². The average molecular weight is 589 g/mol. The van der Waals surface area contributed by atoms with Gasteiger partial charge in [0.15, 0.2) is 11.5 Å². The highest BCUT2D eigenvalue weighted by Gasteiger charge is 2.34. The van der Waals surface area contributed by atoms with E-state index < -0.39 is 11.9 Å². The summed E-state index contributed by atoms with van der Waals surface area (Å²) in [5, 5.41) is 0.146. The zero-order chi connectivity index (χ0) is 25.7. The standard InChI is InChI=1S/C26H19BrClNO6S/c1-33-21-4-2-3-5-22(21)34-13-12-29-24(30)23(36-26(29)32)15-16-6-11-20(19(27)14-16)35-25(31)17-7-9-18(28)10-8-17/h2-11,14-15H,12-13H2,1H3/b23-15-. The first-order valence-electron chi connectivity index (χ1n) is 10.6. The molecule has 0 unspecified atom stereocenters. The molecule has 1 saturated heterocycles. The molecule has 0 bridgehead atoms. The number of rotatable bonds is 8. The summed E-state index contributed by atoms with van der Waals surface area (Å²) in [6.45, 7) is 0.230. The Labute approximate surface area is 225 Å². The van der Waals surface area contributed by atoms with E-state index in [-0.39, 0.29) is 23.3 Å². The molecule has 1 heterocycles. The first kappa shape index (κ1) is 25.8. The predicted octanol–water partition coefficient (Wildman–Crippen LogP) is 6.45. The van der Waals surface area contributed by atoms with Crippen LogP contribution < -0.4 is 14.2 Å². The first-order chi connectivity index (χ1) is 17.4. The number of nitrogens with zero attached hydrogens (tertiary/aromatic N) is 1.